The second kappa shape index (κ2) is 7.40. The van der Waals surface area contributed by atoms with E-state index in [0.717, 1.165) is 23.2 Å². The Kier molecular flexibility index (Phi) is 4.95. The van der Waals surface area contributed by atoms with Crippen LogP contribution in [0.2, 0.25) is 0 Å². The molecular formula is C22H15F5N4O. The molecule has 0 saturated heterocycles. The molecular weight excluding hydrogens is 431 g/mol. The summed E-state index contributed by atoms with van der Waals surface area (Å²) in [7, 11) is 1.28. The molecule has 1 atom stereocenters. The van der Waals surface area contributed by atoms with Crippen LogP contribution in [0.25, 0.3) is 11.1 Å². The number of carbonyl (C=O) groups is 1. The highest BCUT2D eigenvalue weighted by atomic mass is 19.4. The van der Waals surface area contributed by atoms with E-state index in [9.17, 15) is 22.4 Å². The number of hydrogen-bond donors (Lipinski definition) is 1. The topological polar surface area (TPSA) is 71.6 Å². The summed E-state index contributed by atoms with van der Waals surface area (Å²) in [5.74, 6) is -2.54. The summed E-state index contributed by atoms with van der Waals surface area (Å²) in [4.78, 5) is 22.2. The monoisotopic (exact) mass is 446 g/mol. The lowest BCUT2D eigenvalue weighted by Gasteiger charge is -2.26. The minimum absolute atomic E-state index is 0.305. The van der Waals surface area contributed by atoms with Gasteiger partial charge in [-0.25, -0.2) is 13.8 Å². The van der Waals surface area contributed by atoms with Crippen LogP contribution in [-0.2, 0) is 16.5 Å². The van der Waals surface area contributed by atoms with Crippen molar-refractivity contribution in [1.29, 1.82) is 0 Å². The summed E-state index contributed by atoms with van der Waals surface area (Å²) >= 11 is 0. The predicted molar refractivity (Wildman–Crippen MR) is 106 cm³/mol. The minimum atomic E-state index is -4.73. The fraction of sp³-hybridized carbons (Fsp3) is 0.136. The van der Waals surface area contributed by atoms with Crippen LogP contribution in [0.15, 0.2) is 65.8 Å². The van der Waals surface area contributed by atoms with Gasteiger partial charge < -0.3 is 5.73 Å². The Balaban J connectivity index is 1.99. The van der Waals surface area contributed by atoms with Gasteiger partial charge in [-0.3, -0.25) is 14.7 Å². The van der Waals surface area contributed by atoms with Crippen LogP contribution in [0.3, 0.4) is 0 Å². The molecule has 32 heavy (non-hydrogen) atoms. The van der Waals surface area contributed by atoms with Crippen LogP contribution >= 0.6 is 0 Å². The molecule has 2 N–H and O–H groups in total. The number of amides is 1. The van der Waals surface area contributed by atoms with E-state index in [1.807, 2.05) is 0 Å². The standard InChI is InChI=1S/C22H15F5N4O/c1-31-19(32)21(30-20(31)28,18-11-14(8-9-29-18)22(25,26)27)16-10-13(4-7-17(16)24)12-2-5-15(23)6-3-12/h2-11H,1H3,(H2,28,30). The molecule has 0 aliphatic carbocycles. The molecule has 1 aromatic heterocycles. The van der Waals surface area contributed by atoms with Gasteiger partial charge in [0.1, 0.15) is 11.6 Å². The van der Waals surface area contributed by atoms with E-state index in [4.69, 9.17) is 5.73 Å². The smallest absolute Gasteiger partial charge is 0.369 e. The van der Waals surface area contributed by atoms with E-state index in [2.05, 4.69) is 9.98 Å². The van der Waals surface area contributed by atoms with Gasteiger partial charge in [-0.05, 0) is 47.5 Å². The first-order valence-electron chi connectivity index (χ1n) is 9.27. The number of aromatic nitrogens is 1. The Hall–Kier alpha value is -3.82. The molecule has 4 rings (SSSR count). The van der Waals surface area contributed by atoms with E-state index in [-0.39, 0.29) is 11.5 Å². The number of halogens is 5. The van der Waals surface area contributed by atoms with Crippen LogP contribution in [0.4, 0.5) is 22.0 Å². The number of nitrogens with two attached hydrogens (primary N) is 1. The average molecular weight is 446 g/mol. The molecule has 1 unspecified atom stereocenters. The van der Waals surface area contributed by atoms with E-state index in [1.54, 1.807) is 0 Å². The number of benzene rings is 2. The van der Waals surface area contributed by atoms with Crippen molar-refractivity contribution in [1.82, 2.24) is 9.88 Å². The van der Waals surface area contributed by atoms with Crippen molar-refractivity contribution in [2.75, 3.05) is 7.05 Å². The summed E-state index contributed by atoms with van der Waals surface area (Å²) in [5.41, 5.74) is 2.59. The van der Waals surface area contributed by atoms with Crippen molar-refractivity contribution in [3.05, 3.63) is 89.2 Å². The molecule has 1 amide bonds. The number of carbonyl (C=O) groups excluding carboxylic acids is 1. The van der Waals surface area contributed by atoms with Gasteiger partial charge in [0.15, 0.2) is 5.96 Å². The van der Waals surface area contributed by atoms with Gasteiger partial charge in [-0.1, -0.05) is 18.2 Å². The highest BCUT2D eigenvalue weighted by molar-refractivity contribution is 6.08. The van der Waals surface area contributed by atoms with Crippen LogP contribution < -0.4 is 5.73 Å². The van der Waals surface area contributed by atoms with Gasteiger partial charge in [-0.15, -0.1) is 0 Å². The van der Waals surface area contributed by atoms with Gasteiger partial charge in [0.25, 0.3) is 5.91 Å². The predicted octanol–water partition coefficient (Wildman–Crippen LogP) is 4.08. The molecule has 0 radical (unpaired) electrons. The maximum atomic E-state index is 15.1. The van der Waals surface area contributed by atoms with Crippen LogP contribution in [0, 0.1) is 11.6 Å². The number of likely N-dealkylation sites (N-methyl/N-ethyl adjacent to an activating group) is 1. The maximum Gasteiger partial charge on any atom is 0.416 e. The Labute approximate surface area is 179 Å². The van der Waals surface area contributed by atoms with Gasteiger partial charge in [-0.2, -0.15) is 13.2 Å². The highest BCUT2D eigenvalue weighted by Gasteiger charge is 2.52. The third-order valence-electron chi connectivity index (χ3n) is 5.23. The van der Waals surface area contributed by atoms with E-state index in [0.29, 0.717) is 17.2 Å². The number of nitrogens with zero attached hydrogens (tertiary/aromatic N) is 3. The summed E-state index contributed by atoms with van der Waals surface area (Å²) in [6.07, 6.45) is -3.85. The molecule has 2 aromatic carbocycles. The zero-order valence-corrected chi connectivity index (χ0v) is 16.5. The molecule has 0 spiro atoms. The summed E-state index contributed by atoms with van der Waals surface area (Å²) in [5, 5.41) is 0. The largest absolute Gasteiger partial charge is 0.416 e. The summed E-state index contributed by atoms with van der Waals surface area (Å²) in [6, 6.07) is 10.4. The van der Waals surface area contributed by atoms with Crippen LogP contribution in [0.5, 0.6) is 0 Å². The number of alkyl halides is 3. The maximum absolute atomic E-state index is 15.1. The van der Waals surface area contributed by atoms with Crippen molar-refractivity contribution < 1.29 is 26.7 Å². The number of aliphatic imine (C=N–C) groups is 1. The fourth-order valence-corrected chi connectivity index (χ4v) is 3.55. The second-order valence-corrected chi connectivity index (χ2v) is 7.17. The molecule has 164 valence electrons. The third-order valence-corrected chi connectivity index (χ3v) is 5.23. The lowest BCUT2D eigenvalue weighted by atomic mass is 9.83. The lowest BCUT2D eigenvalue weighted by Crippen LogP contribution is -2.42. The molecule has 0 fully saturated rings. The number of hydrogen-bond acceptors (Lipinski definition) is 4. The first-order chi connectivity index (χ1) is 15.0. The van der Waals surface area contributed by atoms with Crippen molar-refractivity contribution in [2.45, 2.75) is 11.7 Å². The van der Waals surface area contributed by atoms with Crippen molar-refractivity contribution >= 4 is 11.9 Å². The first kappa shape index (κ1) is 21.4. The molecule has 10 heteroatoms. The van der Waals surface area contributed by atoms with Crippen molar-refractivity contribution in [2.24, 2.45) is 10.7 Å². The Bertz CT molecular complexity index is 1240. The Morgan fingerprint density at radius 1 is 0.969 bits per heavy atom. The van der Waals surface area contributed by atoms with Crippen molar-refractivity contribution in [3.63, 3.8) is 0 Å². The molecule has 1 aliphatic rings. The van der Waals surface area contributed by atoms with Gasteiger partial charge in [0.2, 0.25) is 5.54 Å². The van der Waals surface area contributed by atoms with Gasteiger partial charge in [0, 0.05) is 18.8 Å². The second-order valence-electron chi connectivity index (χ2n) is 7.17. The highest BCUT2D eigenvalue weighted by Crippen LogP contribution is 2.42. The minimum Gasteiger partial charge on any atom is -0.369 e. The molecule has 0 bridgehead atoms. The normalized spacial score (nSPS) is 18.8. The van der Waals surface area contributed by atoms with Gasteiger partial charge in [0.05, 0.1) is 11.3 Å². The van der Waals surface area contributed by atoms with Crippen LogP contribution in [0.1, 0.15) is 16.8 Å². The molecule has 0 saturated carbocycles. The SMILES string of the molecule is CN1C(=O)C(c2cc(C(F)(F)F)ccn2)(c2cc(-c3ccc(F)cc3)ccc2F)N=C1N. The van der Waals surface area contributed by atoms with E-state index in [1.165, 1.54) is 43.4 Å². The van der Waals surface area contributed by atoms with E-state index >= 15 is 4.39 Å². The summed E-state index contributed by atoms with van der Waals surface area (Å²) in [6.45, 7) is 0. The van der Waals surface area contributed by atoms with Crippen LogP contribution in [-0.4, -0.2) is 28.8 Å². The first-order valence-corrected chi connectivity index (χ1v) is 9.27. The summed E-state index contributed by atoms with van der Waals surface area (Å²) < 4.78 is 68.4. The number of pyridine rings is 1. The molecule has 2 heterocycles. The zero-order valence-electron chi connectivity index (χ0n) is 16.5. The third kappa shape index (κ3) is 3.37. The molecule has 3 aromatic rings. The van der Waals surface area contributed by atoms with E-state index < -0.39 is 40.5 Å². The fourth-order valence-electron chi connectivity index (χ4n) is 3.55. The molecule has 1 aliphatic heterocycles. The molecule has 5 nitrogen and oxygen atoms in total. The zero-order chi connectivity index (χ0) is 23.3. The Morgan fingerprint density at radius 2 is 1.62 bits per heavy atom. The number of rotatable bonds is 3. The number of guanidine groups is 1. The van der Waals surface area contributed by atoms with Crippen molar-refractivity contribution in [3.8, 4) is 11.1 Å². The Morgan fingerprint density at radius 3 is 2.22 bits per heavy atom. The lowest BCUT2D eigenvalue weighted by molar-refractivity contribution is -0.138. The average Bonchev–Trinajstić information content (AvgIpc) is 2.99. The quantitative estimate of drug-likeness (QED) is 0.617. The van der Waals surface area contributed by atoms with Gasteiger partial charge >= 0.3 is 6.18 Å².